The van der Waals surface area contributed by atoms with Crippen molar-refractivity contribution in [3.8, 4) is 11.4 Å². The number of nitrogens with one attached hydrogen (secondary N) is 1. The smallest absolute Gasteiger partial charge is 0.255 e. The summed E-state index contributed by atoms with van der Waals surface area (Å²) in [7, 11) is 1.63. The summed E-state index contributed by atoms with van der Waals surface area (Å²) >= 11 is 0. The number of ether oxygens (including phenoxy) is 1. The van der Waals surface area contributed by atoms with Gasteiger partial charge in [-0.1, -0.05) is 25.0 Å². The number of methoxy groups -OCH3 is 1. The molecule has 2 aromatic heterocycles. The number of pyridine rings is 2. The maximum absolute atomic E-state index is 12.5. The summed E-state index contributed by atoms with van der Waals surface area (Å²) in [6.07, 6.45) is 9.92. The van der Waals surface area contributed by atoms with E-state index in [0.29, 0.717) is 29.5 Å². The zero-order chi connectivity index (χ0) is 23.2. The molecule has 1 aromatic carbocycles. The molecule has 1 aliphatic carbocycles. The van der Waals surface area contributed by atoms with E-state index >= 15 is 0 Å². The second-order valence-electron chi connectivity index (χ2n) is 8.26. The molecular weight excluding hydrogens is 416 g/mol. The first kappa shape index (κ1) is 22.4. The highest BCUT2D eigenvalue weighted by molar-refractivity contribution is 5.61. The van der Waals surface area contributed by atoms with Crippen LogP contribution in [0.2, 0.25) is 0 Å². The molecule has 172 valence electrons. The van der Waals surface area contributed by atoms with Gasteiger partial charge in [0.05, 0.1) is 31.2 Å². The largest absolute Gasteiger partial charge is 0.497 e. The van der Waals surface area contributed by atoms with E-state index in [2.05, 4.69) is 10.3 Å². The van der Waals surface area contributed by atoms with Crippen molar-refractivity contribution in [2.75, 3.05) is 12.4 Å². The van der Waals surface area contributed by atoms with Crippen molar-refractivity contribution in [3.63, 3.8) is 0 Å². The van der Waals surface area contributed by atoms with Gasteiger partial charge in [-0.3, -0.25) is 9.36 Å². The molecule has 0 unspecified atom stereocenters. The van der Waals surface area contributed by atoms with Crippen LogP contribution >= 0.6 is 0 Å². The number of nitrogens with zero attached hydrogens (tertiary/aromatic N) is 3. The summed E-state index contributed by atoms with van der Waals surface area (Å²) in [6.45, 7) is 0.476. The number of hydrogen-bond acceptors (Lipinski definition) is 7. The van der Waals surface area contributed by atoms with E-state index in [0.717, 1.165) is 17.1 Å². The van der Waals surface area contributed by atoms with E-state index in [4.69, 9.17) is 16.3 Å². The first-order valence-corrected chi connectivity index (χ1v) is 11.1. The van der Waals surface area contributed by atoms with Gasteiger partial charge >= 0.3 is 0 Å². The average Bonchev–Trinajstić information content (AvgIpc) is 3.33. The van der Waals surface area contributed by atoms with Crippen LogP contribution in [0.3, 0.4) is 0 Å². The summed E-state index contributed by atoms with van der Waals surface area (Å²) in [4.78, 5) is 17.0. The fourth-order valence-corrected chi connectivity index (χ4v) is 3.99. The van der Waals surface area contributed by atoms with Gasteiger partial charge in [-0.25, -0.2) is 10.8 Å². The summed E-state index contributed by atoms with van der Waals surface area (Å²) < 4.78 is 6.71. The lowest BCUT2D eigenvalue weighted by molar-refractivity contribution is 0.386. The number of nitrogens with two attached hydrogens (primary N) is 2. The number of rotatable bonds is 8. The number of anilines is 1. The monoisotopic (exact) mass is 446 g/mol. The maximum Gasteiger partial charge on any atom is 0.255 e. The van der Waals surface area contributed by atoms with Crippen LogP contribution in [0.15, 0.2) is 71.9 Å². The molecule has 5 N–H and O–H groups in total. The Balaban J connectivity index is 1.47. The molecule has 1 fully saturated rings. The van der Waals surface area contributed by atoms with E-state index in [1.807, 2.05) is 36.4 Å². The van der Waals surface area contributed by atoms with Crippen LogP contribution in [0.1, 0.15) is 36.8 Å². The highest BCUT2D eigenvalue weighted by Gasteiger charge is 2.15. The minimum absolute atomic E-state index is 0.160. The Bertz CT molecular complexity index is 1150. The molecule has 0 spiro atoms. The van der Waals surface area contributed by atoms with Gasteiger partial charge in [-0.2, -0.15) is 0 Å². The topological polar surface area (TPSA) is 111 Å². The Hall–Kier alpha value is -3.78. The molecule has 0 bridgehead atoms. The van der Waals surface area contributed by atoms with Gasteiger partial charge in [0.15, 0.2) is 0 Å². The van der Waals surface area contributed by atoms with Gasteiger partial charge in [0.2, 0.25) is 0 Å². The van der Waals surface area contributed by atoms with Crippen LogP contribution in [0.4, 0.5) is 5.82 Å². The quantitative estimate of drug-likeness (QED) is 0.360. The third kappa shape index (κ3) is 5.72. The molecule has 0 saturated heterocycles. The van der Waals surface area contributed by atoms with Crippen LogP contribution in [0.5, 0.6) is 5.75 Å². The van der Waals surface area contributed by atoms with Gasteiger partial charge in [0.25, 0.3) is 5.56 Å². The average molecular weight is 447 g/mol. The fourth-order valence-electron chi connectivity index (χ4n) is 3.99. The lowest BCUT2D eigenvalue weighted by Crippen LogP contribution is -2.26. The molecule has 8 nitrogen and oxygen atoms in total. The standard InChI is InChI=1S/C25H30N6O2/c1-33-22-10-6-18(7-11-22)15-30(27)17-23(26)19-8-13-25(32)31(16-19)21-9-12-24(28-14-21)29-20-4-2-3-5-20/h6-14,16-17,20H,2-5,15,26-27H2,1H3,(H,28,29)/b23-17-. The fraction of sp³-hybridized carbons (Fsp3) is 0.280. The van der Waals surface area contributed by atoms with E-state index < -0.39 is 0 Å². The van der Waals surface area contributed by atoms with Crippen LogP contribution in [-0.4, -0.2) is 27.7 Å². The molecule has 0 amide bonds. The Morgan fingerprint density at radius 1 is 1.18 bits per heavy atom. The van der Waals surface area contributed by atoms with Crippen molar-refractivity contribution in [2.45, 2.75) is 38.3 Å². The predicted octanol–water partition coefficient (Wildman–Crippen LogP) is 3.23. The molecule has 1 saturated carbocycles. The molecule has 8 heteroatoms. The van der Waals surface area contributed by atoms with Gasteiger partial charge in [-0.05, 0) is 48.7 Å². The number of hydrazine groups is 1. The van der Waals surface area contributed by atoms with Crippen LogP contribution < -0.4 is 27.2 Å². The molecule has 33 heavy (non-hydrogen) atoms. The molecule has 4 rings (SSSR count). The molecular formula is C25H30N6O2. The molecule has 2 heterocycles. The number of benzene rings is 1. The molecule has 1 aliphatic rings. The highest BCUT2D eigenvalue weighted by atomic mass is 16.5. The van der Waals surface area contributed by atoms with Gasteiger partial charge in [0, 0.05) is 30.1 Å². The van der Waals surface area contributed by atoms with Crippen molar-refractivity contribution in [2.24, 2.45) is 11.6 Å². The number of aromatic nitrogens is 2. The zero-order valence-electron chi connectivity index (χ0n) is 18.8. The first-order valence-electron chi connectivity index (χ1n) is 11.1. The summed E-state index contributed by atoms with van der Waals surface area (Å²) in [5.41, 5.74) is 8.96. The molecule has 0 aliphatic heterocycles. The minimum Gasteiger partial charge on any atom is -0.497 e. The third-order valence-corrected chi connectivity index (χ3v) is 5.81. The van der Waals surface area contributed by atoms with E-state index in [1.54, 1.807) is 31.8 Å². The summed E-state index contributed by atoms with van der Waals surface area (Å²) in [5, 5.41) is 4.97. The van der Waals surface area contributed by atoms with Crippen LogP contribution in [0, 0.1) is 0 Å². The van der Waals surface area contributed by atoms with Gasteiger partial charge in [-0.15, -0.1) is 0 Å². The Morgan fingerprint density at radius 3 is 2.61 bits per heavy atom. The Morgan fingerprint density at radius 2 is 1.94 bits per heavy atom. The van der Waals surface area contributed by atoms with Crippen molar-refractivity contribution in [3.05, 3.63) is 88.6 Å². The first-order chi connectivity index (χ1) is 16.0. The predicted molar refractivity (Wildman–Crippen MR) is 131 cm³/mol. The van der Waals surface area contributed by atoms with Crippen LogP contribution in [0.25, 0.3) is 11.4 Å². The SMILES string of the molecule is COc1ccc(CN(N)/C=C(\N)c2ccc(=O)n(-c3ccc(NC4CCCC4)nc3)c2)cc1. The third-order valence-electron chi connectivity index (χ3n) is 5.81. The highest BCUT2D eigenvalue weighted by Crippen LogP contribution is 2.22. The minimum atomic E-state index is -0.160. The molecule has 0 radical (unpaired) electrons. The van der Waals surface area contributed by atoms with E-state index in [9.17, 15) is 4.79 Å². The van der Waals surface area contributed by atoms with Crippen molar-refractivity contribution in [1.29, 1.82) is 0 Å². The normalized spacial score (nSPS) is 14.3. The Kier molecular flexibility index (Phi) is 6.95. The molecule has 0 atom stereocenters. The van der Waals surface area contributed by atoms with E-state index in [1.165, 1.54) is 41.3 Å². The van der Waals surface area contributed by atoms with Crippen molar-refractivity contribution >= 4 is 11.5 Å². The second kappa shape index (κ2) is 10.2. The maximum atomic E-state index is 12.5. The lowest BCUT2D eigenvalue weighted by atomic mass is 10.2. The Labute approximate surface area is 193 Å². The van der Waals surface area contributed by atoms with Gasteiger partial charge < -0.3 is 20.8 Å². The van der Waals surface area contributed by atoms with Gasteiger partial charge in [0.1, 0.15) is 11.6 Å². The van der Waals surface area contributed by atoms with Crippen LogP contribution in [-0.2, 0) is 6.54 Å². The van der Waals surface area contributed by atoms with E-state index in [-0.39, 0.29) is 5.56 Å². The van der Waals surface area contributed by atoms with Crippen molar-refractivity contribution in [1.82, 2.24) is 14.6 Å². The summed E-state index contributed by atoms with van der Waals surface area (Å²) in [5.74, 6) is 7.75. The molecule has 3 aromatic rings. The zero-order valence-corrected chi connectivity index (χ0v) is 18.8. The second-order valence-corrected chi connectivity index (χ2v) is 8.26. The summed E-state index contributed by atoms with van der Waals surface area (Å²) in [6, 6.07) is 15.1. The lowest BCUT2D eigenvalue weighted by Gasteiger charge is -2.16. The number of hydrogen-bond donors (Lipinski definition) is 3. The van der Waals surface area contributed by atoms with Crippen molar-refractivity contribution < 1.29 is 4.74 Å².